The first-order valence-corrected chi connectivity index (χ1v) is 7.21. The van der Waals surface area contributed by atoms with E-state index in [1.54, 1.807) is 0 Å². The molecule has 1 heterocycles. The topological polar surface area (TPSA) is 75.4 Å². The van der Waals surface area contributed by atoms with Gasteiger partial charge in [-0.05, 0) is 11.4 Å². The fraction of sp³-hybridized carbons (Fsp3) is 0.400. The highest BCUT2D eigenvalue weighted by Gasteiger charge is 2.13. The molecule has 0 aromatic carbocycles. The summed E-state index contributed by atoms with van der Waals surface area (Å²) in [6.07, 6.45) is 0. The minimum atomic E-state index is -3.39. The van der Waals surface area contributed by atoms with E-state index in [-0.39, 0.29) is 6.54 Å². The third-order valence-electron chi connectivity index (χ3n) is 1.97. The van der Waals surface area contributed by atoms with Crippen molar-refractivity contribution in [3.8, 4) is 11.8 Å². The maximum Gasteiger partial charge on any atom is 0.279 e. The van der Waals surface area contributed by atoms with Gasteiger partial charge in [-0.25, -0.2) is 0 Å². The van der Waals surface area contributed by atoms with Crippen LogP contribution in [-0.4, -0.2) is 33.4 Å². The summed E-state index contributed by atoms with van der Waals surface area (Å²) >= 11 is 1.46. The van der Waals surface area contributed by atoms with Crippen molar-refractivity contribution in [2.45, 2.75) is 6.54 Å². The van der Waals surface area contributed by atoms with Crippen LogP contribution in [0.15, 0.2) is 11.4 Å². The summed E-state index contributed by atoms with van der Waals surface area (Å²) in [5.41, 5.74) is 6.11. The van der Waals surface area contributed by atoms with Gasteiger partial charge in [0.15, 0.2) is 0 Å². The van der Waals surface area contributed by atoms with Crippen LogP contribution in [0.2, 0.25) is 0 Å². The third-order valence-corrected chi connectivity index (χ3v) is 4.36. The Hall–Kier alpha value is -0.910. The van der Waals surface area contributed by atoms with Gasteiger partial charge in [-0.3, -0.25) is 0 Å². The molecule has 0 unspecified atom stereocenters. The van der Waals surface area contributed by atoms with Crippen LogP contribution in [0.3, 0.4) is 0 Å². The number of hydrogen-bond acceptors (Lipinski definition) is 4. The second-order valence-electron chi connectivity index (χ2n) is 3.37. The van der Waals surface area contributed by atoms with Gasteiger partial charge in [-0.1, -0.05) is 11.8 Å². The molecule has 0 saturated heterocycles. The number of rotatable bonds is 4. The van der Waals surface area contributed by atoms with Crippen molar-refractivity contribution in [2.24, 2.45) is 5.73 Å². The lowest BCUT2D eigenvalue weighted by Crippen LogP contribution is -2.35. The second-order valence-corrected chi connectivity index (χ2v) is 6.34. The van der Waals surface area contributed by atoms with Crippen LogP contribution in [0.4, 0.5) is 0 Å². The quantitative estimate of drug-likeness (QED) is 0.756. The summed E-state index contributed by atoms with van der Waals surface area (Å²) in [6.45, 7) is 0.533. The maximum absolute atomic E-state index is 11.5. The lowest BCUT2D eigenvalue weighted by Gasteiger charge is -2.11. The molecule has 3 N–H and O–H groups in total. The Morgan fingerprint density at radius 3 is 2.82 bits per heavy atom. The second kappa shape index (κ2) is 6.14. The molecule has 0 aliphatic rings. The summed E-state index contributed by atoms with van der Waals surface area (Å²) in [5.74, 6) is 5.65. The van der Waals surface area contributed by atoms with E-state index in [1.165, 1.54) is 25.4 Å². The van der Waals surface area contributed by atoms with E-state index >= 15 is 0 Å². The number of nitrogens with two attached hydrogens (primary N) is 1. The van der Waals surface area contributed by atoms with Crippen LogP contribution in [0.1, 0.15) is 10.4 Å². The lowest BCUT2D eigenvalue weighted by molar-refractivity contribution is 0.505. The highest BCUT2D eigenvalue weighted by molar-refractivity contribution is 7.87. The van der Waals surface area contributed by atoms with Crippen LogP contribution in [0, 0.1) is 11.8 Å². The predicted octanol–water partition coefficient (Wildman–Crippen LogP) is -0.0457. The number of hydrogen-bond donors (Lipinski definition) is 2. The van der Waals surface area contributed by atoms with Crippen LogP contribution in [0.25, 0.3) is 0 Å². The van der Waals surface area contributed by atoms with Crippen LogP contribution in [0.5, 0.6) is 0 Å². The SMILES string of the molecule is CN(C)S(=O)(=O)NCc1sccc1C#CCN. The molecule has 0 aliphatic heterocycles. The van der Waals surface area contributed by atoms with E-state index < -0.39 is 10.2 Å². The Kier molecular flexibility index (Phi) is 5.11. The molecular formula is C10H15N3O2S2. The van der Waals surface area contributed by atoms with E-state index in [4.69, 9.17) is 5.73 Å². The van der Waals surface area contributed by atoms with Gasteiger partial charge in [-0.2, -0.15) is 17.4 Å². The number of nitrogens with one attached hydrogen (secondary N) is 1. The highest BCUT2D eigenvalue weighted by atomic mass is 32.2. The molecule has 94 valence electrons. The molecule has 17 heavy (non-hydrogen) atoms. The minimum Gasteiger partial charge on any atom is -0.320 e. The first-order chi connectivity index (χ1) is 7.97. The molecule has 0 radical (unpaired) electrons. The van der Waals surface area contributed by atoms with Gasteiger partial charge < -0.3 is 5.73 Å². The van der Waals surface area contributed by atoms with Gasteiger partial charge in [0, 0.05) is 31.1 Å². The van der Waals surface area contributed by atoms with E-state index in [0.29, 0.717) is 6.54 Å². The molecule has 1 aromatic rings. The summed E-state index contributed by atoms with van der Waals surface area (Å²) in [5, 5.41) is 1.87. The molecule has 0 saturated carbocycles. The van der Waals surface area contributed by atoms with Gasteiger partial charge in [0.25, 0.3) is 10.2 Å². The van der Waals surface area contributed by atoms with Gasteiger partial charge in [0.05, 0.1) is 6.54 Å². The molecule has 0 bridgehead atoms. The molecule has 1 rings (SSSR count). The molecule has 0 atom stereocenters. The fourth-order valence-corrected chi connectivity index (χ4v) is 2.47. The fourth-order valence-electron chi connectivity index (χ4n) is 1.02. The normalized spacial score (nSPS) is 11.3. The van der Waals surface area contributed by atoms with E-state index in [1.807, 2.05) is 11.4 Å². The standard InChI is InChI=1S/C10H15N3O2S2/c1-13(2)17(14,15)12-8-10-9(4-3-6-11)5-7-16-10/h5,7,12H,6,8,11H2,1-2H3. The zero-order valence-corrected chi connectivity index (χ0v) is 11.4. The molecule has 0 amide bonds. The zero-order valence-electron chi connectivity index (χ0n) is 9.73. The van der Waals surface area contributed by atoms with Gasteiger partial charge in [0.2, 0.25) is 0 Å². The maximum atomic E-state index is 11.5. The molecule has 0 spiro atoms. The first kappa shape index (κ1) is 14.2. The van der Waals surface area contributed by atoms with Gasteiger partial charge in [-0.15, -0.1) is 11.3 Å². The van der Waals surface area contributed by atoms with E-state index in [0.717, 1.165) is 14.7 Å². The number of nitrogens with zero attached hydrogens (tertiary/aromatic N) is 1. The molecule has 5 nitrogen and oxygen atoms in total. The Morgan fingerprint density at radius 1 is 1.53 bits per heavy atom. The molecular weight excluding hydrogens is 258 g/mol. The van der Waals surface area contributed by atoms with Crippen LogP contribution in [-0.2, 0) is 16.8 Å². The zero-order chi connectivity index (χ0) is 12.9. The summed E-state index contributed by atoms with van der Waals surface area (Å²) in [6, 6.07) is 1.85. The minimum absolute atomic E-state index is 0.243. The van der Waals surface area contributed by atoms with Crippen molar-refractivity contribution < 1.29 is 8.42 Å². The largest absolute Gasteiger partial charge is 0.320 e. The Labute approximate surface area is 106 Å². The van der Waals surface area contributed by atoms with E-state index in [9.17, 15) is 8.42 Å². The van der Waals surface area contributed by atoms with E-state index in [2.05, 4.69) is 16.6 Å². The van der Waals surface area contributed by atoms with Crippen molar-refractivity contribution in [1.82, 2.24) is 9.03 Å². The van der Waals surface area contributed by atoms with Crippen LogP contribution < -0.4 is 10.5 Å². The van der Waals surface area contributed by atoms with Crippen LogP contribution >= 0.6 is 11.3 Å². The Bertz CT molecular complexity index is 523. The molecule has 0 fully saturated rings. The monoisotopic (exact) mass is 273 g/mol. The number of thiophene rings is 1. The molecule has 7 heteroatoms. The Morgan fingerprint density at radius 2 is 2.24 bits per heavy atom. The average Bonchev–Trinajstić information content (AvgIpc) is 2.71. The van der Waals surface area contributed by atoms with Gasteiger partial charge in [0.1, 0.15) is 0 Å². The average molecular weight is 273 g/mol. The summed E-state index contributed by atoms with van der Waals surface area (Å²) in [7, 11) is -0.438. The Balaban J connectivity index is 2.74. The highest BCUT2D eigenvalue weighted by Crippen LogP contribution is 2.15. The van der Waals surface area contributed by atoms with Crippen molar-refractivity contribution >= 4 is 21.5 Å². The lowest BCUT2D eigenvalue weighted by atomic mass is 10.2. The third kappa shape index (κ3) is 4.11. The van der Waals surface area contributed by atoms with Crippen molar-refractivity contribution in [2.75, 3.05) is 20.6 Å². The van der Waals surface area contributed by atoms with Crippen molar-refractivity contribution in [1.29, 1.82) is 0 Å². The summed E-state index contributed by atoms with van der Waals surface area (Å²) in [4.78, 5) is 0.886. The van der Waals surface area contributed by atoms with Crippen molar-refractivity contribution in [3.05, 3.63) is 21.9 Å². The predicted molar refractivity (Wildman–Crippen MR) is 69.7 cm³/mol. The molecule has 0 aliphatic carbocycles. The van der Waals surface area contributed by atoms with Gasteiger partial charge >= 0.3 is 0 Å². The smallest absolute Gasteiger partial charge is 0.279 e. The summed E-state index contributed by atoms with van der Waals surface area (Å²) < 4.78 is 26.6. The molecule has 1 aromatic heterocycles. The van der Waals surface area contributed by atoms with Crippen molar-refractivity contribution in [3.63, 3.8) is 0 Å². The first-order valence-electron chi connectivity index (χ1n) is 4.90.